The molecular formula is C11H16N2. The van der Waals surface area contributed by atoms with E-state index < -0.39 is 0 Å². The van der Waals surface area contributed by atoms with E-state index in [1.54, 1.807) is 0 Å². The van der Waals surface area contributed by atoms with Crippen LogP contribution < -0.4 is 9.80 Å². The van der Waals surface area contributed by atoms with E-state index in [-0.39, 0.29) is 0 Å². The Morgan fingerprint density at radius 3 is 2.31 bits per heavy atom. The minimum absolute atomic E-state index is 1.12. The van der Waals surface area contributed by atoms with Crippen LogP contribution in [0.4, 0.5) is 11.4 Å². The topological polar surface area (TPSA) is 6.48 Å². The highest BCUT2D eigenvalue weighted by molar-refractivity contribution is 5.73. The largest absolute Gasteiger partial charge is 0.371 e. The normalized spacial score (nSPS) is 15.9. The fourth-order valence-electron chi connectivity index (χ4n) is 1.80. The molecule has 1 aromatic carbocycles. The van der Waals surface area contributed by atoms with Crippen LogP contribution in [0.2, 0.25) is 0 Å². The fraction of sp³-hybridized carbons (Fsp3) is 0.455. The molecule has 0 saturated carbocycles. The van der Waals surface area contributed by atoms with Crippen molar-refractivity contribution < 1.29 is 0 Å². The lowest BCUT2D eigenvalue weighted by molar-refractivity contribution is 0.797. The maximum absolute atomic E-state index is 2.32. The first-order valence-electron chi connectivity index (χ1n) is 4.71. The highest BCUT2D eigenvalue weighted by Gasteiger charge is 2.16. The van der Waals surface area contributed by atoms with Gasteiger partial charge in [-0.1, -0.05) is 6.07 Å². The van der Waals surface area contributed by atoms with Gasteiger partial charge in [-0.05, 0) is 24.6 Å². The minimum Gasteiger partial charge on any atom is -0.371 e. The predicted octanol–water partition coefficient (Wildman–Crippen LogP) is 1.88. The van der Waals surface area contributed by atoms with Crippen LogP contribution in [0.25, 0.3) is 0 Å². The first-order valence-corrected chi connectivity index (χ1v) is 4.71. The molecule has 1 heterocycles. The Morgan fingerprint density at radius 1 is 1.00 bits per heavy atom. The molecule has 0 N–H and O–H groups in total. The van der Waals surface area contributed by atoms with E-state index in [1.807, 2.05) is 0 Å². The van der Waals surface area contributed by atoms with E-state index in [4.69, 9.17) is 0 Å². The third-order valence-electron chi connectivity index (χ3n) is 2.72. The molecule has 70 valence electrons. The van der Waals surface area contributed by atoms with Crippen molar-refractivity contribution in [3.8, 4) is 0 Å². The molecule has 0 saturated heterocycles. The minimum atomic E-state index is 1.12. The number of fused-ring (bicyclic) bond motifs is 1. The van der Waals surface area contributed by atoms with Gasteiger partial charge in [0.05, 0.1) is 11.4 Å². The molecule has 2 heteroatoms. The van der Waals surface area contributed by atoms with E-state index in [0.29, 0.717) is 0 Å². The van der Waals surface area contributed by atoms with Crippen molar-refractivity contribution in [1.29, 1.82) is 0 Å². The lowest BCUT2D eigenvalue weighted by atomic mass is 10.1. The number of hydrogen-bond acceptors (Lipinski definition) is 2. The summed E-state index contributed by atoms with van der Waals surface area (Å²) in [7, 11) is 4.31. The second-order valence-electron chi connectivity index (χ2n) is 3.84. The van der Waals surface area contributed by atoms with Crippen LogP contribution in [-0.2, 0) is 0 Å². The summed E-state index contributed by atoms with van der Waals surface area (Å²) in [6.07, 6.45) is 0. The zero-order valence-corrected chi connectivity index (χ0v) is 8.54. The molecule has 0 aromatic heterocycles. The summed E-state index contributed by atoms with van der Waals surface area (Å²) in [6, 6.07) is 6.64. The molecule has 0 aliphatic carbocycles. The van der Waals surface area contributed by atoms with E-state index in [2.05, 4.69) is 49.0 Å². The van der Waals surface area contributed by atoms with Gasteiger partial charge in [0.1, 0.15) is 0 Å². The van der Waals surface area contributed by atoms with Crippen LogP contribution in [-0.4, -0.2) is 27.2 Å². The van der Waals surface area contributed by atoms with Crippen molar-refractivity contribution in [1.82, 2.24) is 0 Å². The van der Waals surface area contributed by atoms with Crippen molar-refractivity contribution >= 4 is 11.4 Å². The molecule has 0 unspecified atom stereocenters. The monoisotopic (exact) mass is 176 g/mol. The van der Waals surface area contributed by atoms with Gasteiger partial charge in [0, 0.05) is 27.2 Å². The zero-order valence-electron chi connectivity index (χ0n) is 8.54. The Morgan fingerprint density at radius 2 is 1.62 bits per heavy atom. The molecule has 1 aromatic rings. The quantitative estimate of drug-likeness (QED) is 0.595. The van der Waals surface area contributed by atoms with Gasteiger partial charge in [-0.3, -0.25) is 0 Å². The Kier molecular flexibility index (Phi) is 1.91. The number of likely N-dealkylation sites (N-methyl/N-ethyl adjacent to an activating group) is 2. The molecule has 1 aliphatic heterocycles. The third kappa shape index (κ3) is 1.37. The second-order valence-corrected chi connectivity index (χ2v) is 3.84. The Balaban J connectivity index is 2.50. The lowest BCUT2D eigenvalue weighted by Gasteiger charge is -2.34. The summed E-state index contributed by atoms with van der Waals surface area (Å²) in [5.74, 6) is 0. The Bertz CT molecular complexity index is 320. The number of aryl methyl sites for hydroxylation is 1. The number of anilines is 2. The number of nitrogens with zero attached hydrogens (tertiary/aromatic N) is 2. The van der Waals surface area contributed by atoms with Gasteiger partial charge in [0.2, 0.25) is 0 Å². The lowest BCUT2D eigenvalue weighted by Crippen LogP contribution is -2.36. The van der Waals surface area contributed by atoms with Crippen LogP contribution in [0.15, 0.2) is 18.2 Å². The van der Waals surface area contributed by atoms with Crippen molar-refractivity contribution in [2.75, 3.05) is 37.0 Å². The van der Waals surface area contributed by atoms with Gasteiger partial charge < -0.3 is 9.80 Å². The maximum Gasteiger partial charge on any atom is 0.0604 e. The van der Waals surface area contributed by atoms with Crippen LogP contribution >= 0.6 is 0 Å². The first-order chi connectivity index (χ1) is 6.18. The van der Waals surface area contributed by atoms with E-state index >= 15 is 0 Å². The molecular weight excluding hydrogens is 160 g/mol. The van der Waals surface area contributed by atoms with E-state index in [0.717, 1.165) is 13.1 Å². The Hall–Kier alpha value is -1.18. The highest BCUT2D eigenvalue weighted by Crippen LogP contribution is 2.31. The van der Waals surface area contributed by atoms with Gasteiger partial charge in [-0.25, -0.2) is 0 Å². The second kappa shape index (κ2) is 2.95. The standard InChI is InChI=1S/C11H16N2/c1-9-4-5-10-11(8-9)13(3)7-6-12(10)2/h4-5,8H,6-7H2,1-3H3. The molecule has 0 fully saturated rings. The Labute approximate surface area is 79.8 Å². The smallest absolute Gasteiger partial charge is 0.0604 e. The molecule has 0 spiro atoms. The summed E-state index contributed by atoms with van der Waals surface area (Å²) in [6.45, 7) is 4.38. The number of rotatable bonds is 0. The van der Waals surface area contributed by atoms with Crippen molar-refractivity contribution in [3.63, 3.8) is 0 Å². The van der Waals surface area contributed by atoms with Crippen LogP contribution in [0, 0.1) is 6.92 Å². The summed E-state index contributed by atoms with van der Waals surface area (Å²) in [5, 5.41) is 0. The van der Waals surface area contributed by atoms with Gasteiger partial charge in [0.15, 0.2) is 0 Å². The zero-order chi connectivity index (χ0) is 9.42. The van der Waals surface area contributed by atoms with Crippen LogP contribution in [0.5, 0.6) is 0 Å². The molecule has 0 atom stereocenters. The molecule has 1 aliphatic rings. The summed E-state index contributed by atoms with van der Waals surface area (Å²) in [5.41, 5.74) is 4.04. The number of benzene rings is 1. The van der Waals surface area contributed by atoms with Crippen molar-refractivity contribution in [2.45, 2.75) is 6.92 Å². The molecule has 0 radical (unpaired) electrons. The van der Waals surface area contributed by atoms with Gasteiger partial charge in [-0.2, -0.15) is 0 Å². The summed E-state index contributed by atoms with van der Waals surface area (Å²) >= 11 is 0. The predicted molar refractivity (Wildman–Crippen MR) is 57.7 cm³/mol. The highest BCUT2D eigenvalue weighted by atomic mass is 15.2. The van der Waals surface area contributed by atoms with Crippen LogP contribution in [0.1, 0.15) is 5.56 Å². The number of hydrogen-bond donors (Lipinski definition) is 0. The van der Waals surface area contributed by atoms with Gasteiger partial charge in [0.25, 0.3) is 0 Å². The van der Waals surface area contributed by atoms with Crippen molar-refractivity contribution in [3.05, 3.63) is 23.8 Å². The average Bonchev–Trinajstić information content (AvgIpc) is 2.12. The molecule has 0 bridgehead atoms. The van der Waals surface area contributed by atoms with Gasteiger partial charge in [-0.15, -0.1) is 0 Å². The third-order valence-corrected chi connectivity index (χ3v) is 2.72. The van der Waals surface area contributed by atoms with E-state index in [1.165, 1.54) is 16.9 Å². The van der Waals surface area contributed by atoms with E-state index in [9.17, 15) is 0 Å². The summed E-state index contributed by atoms with van der Waals surface area (Å²) < 4.78 is 0. The van der Waals surface area contributed by atoms with Crippen LogP contribution in [0.3, 0.4) is 0 Å². The maximum atomic E-state index is 2.32. The van der Waals surface area contributed by atoms with Gasteiger partial charge >= 0.3 is 0 Å². The molecule has 13 heavy (non-hydrogen) atoms. The SMILES string of the molecule is Cc1ccc2c(c1)N(C)CCN2C. The first kappa shape index (κ1) is 8.42. The van der Waals surface area contributed by atoms with Crippen molar-refractivity contribution in [2.24, 2.45) is 0 Å². The summed E-state index contributed by atoms with van der Waals surface area (Å²) in [4.78, 5) is 4.64. The molecule has 2 rings (SSSR count). The molecule has 0 amide bonds. The average molecular weight is 176 g/mol. The molecule has 2 nitrogen and oxygen atoms in total. The fourth-order valence-corrected chi connectivity index (χ4v) is 1.80.